The van der Waals surface area contributed by atoms with Crippen LogP contribution in [0.3, 0.4) is 0 Å². The Morgan fingerprint density at radius 2 is 2.00 bits per heavy atom. The minimum Gasteiger partial charge on any atom is -0.506 e. The largest absolute Gasteiger partial charge is 0.506 e. The number of esters is 1. The van der Waals surface area contributed by atoms with Gasteiger partial charge >= 0.3 is 5.97 Å². The molecule has 1 heterocycles. The average Bonchev–Trinajstić information content (AvgIpc) is 2.39. The number of hydrogen-bond acceptors (Lipinski definition) is 5. The van der Waals surface area contributed by atoms with Gasteiger partial charge in [0.1, 0.15) is 5.75 Å². The molecule has 1 aromatic heterocycles. The van der Waals surface area contributed by atoms with Gasteiger partial charge < -0.3 is 14.6 Å². The van der Waals surface area contributed by atoms with E-state index in [1.54, 1.807) is 38.1 Å². The summed E-state index contributed by atoms with van der Waals surface area (Å²) in [6.45, 7) is 4.04. The molecule has 0 aliphatic carbocycles. The fraction of sp³-hybridized carbons (Fsp3) is 0.286. The predicted octanol–water partition coefficient (Wildman–Crippen LogP) is 2.52. The lowest BCUT2D eigenvalue weighted by Gasteiger charge is -2.12. The highest BCUT2D eigenvalue weighted by atomic mass is 16.5. The maximum absolute atomic E-state index is 11.9. The summed E-state index contributed by atoms with van der Waals surface area (Å²) in [6, 6.07) is 7.00. The van der Waals surface area contributed by atoms with Gasteiger partial charge in [0.25, 0.3) is 0 Å². The van der Waals surface area contributed by atoms with Crippen LogP contribution in [-0.4, -0.2) is 29.3 Å². The van der Waals surface area contributed by atoms with Crippen molar-refractivity contribution >= 4 is 16.9 Å². The van der Waals surface area contributed by atoms with Gasteiger partial charge in [-0.3, -0.25) is 0 Å². The second kappa shape index (κ2) is 5.56. The van der Waals surface area contributed by atoms with Crippen molar-refractivity contribution in [1.29, 1.82) is 0 Å². The number of para-hydroxylation sites is 1. The zero-order chi connectivity index (χ0) is 13.8. The van der Waals surface area contributed by atoms with E-state index in [9.17, 15) is 9.90 Å². The number of carbonyl (C=O) groups excluding carboxylic acids is 1. The zero-order valence-corrected chi connectivity index (χ0v) is 10.8. The predicted molar refractivity (Wildman–Crippen MR) is 70.5 cm³/mol. The van der Waals surface area contributed by atoms with Crippen molar-refractivity contribution in [2.24, 2.45) is 0 Å². The Kier molecular flexibility index (Phi) is 3.85. The van der Waals surface area contributed by atoms with Crippen LogP contribution in [0.5, 0.6) is 11.6 Å². The minimum atomic E-state index is -0.637. The Bertz CT molecular complexity index is 610. The molecule has 0 spiro atoms. The molecular weight excluding hydrogens is 246 g/mol. The first-order valence-electron chi connectivity index (χ1n) is 6.10. The van der Waals surface area contributed by atoms with E-state index in [1.807, 2.05) is 0 Å². The summed E-state index contributed by atoms with van der Waals surface area (Å²) in [4.78, 5) is 16.1. The maximum Gasteiger partial charge on any atom is 0.347 e. The summed E-state index contributed by atoms with van der Waals surface area (Å²) in [5.41, 5.74) is 0.541. The van der Waals surface area contributed by atoms with Gasteiger partial charge in [0.2, 0.25) is 5.88 Å². The molecule has 0 unspecified atom stereocenters. The van der Waals surface area contributed by atoms with Crippen LogP contribution in [-0.2, 0) is 4.74 Å². The van der Waals surface area contributed by atoms with Gasteiger partial charge in [-0.15, -0.1) is 0 Å². The van der Waals surface area contributed by atoms with Gasteiger partial charge in [0.05, 0.1) is 18.7 Å². The Balaban J connectivity index is 2.67. The molecule has 100 valence electrons. The smallest absolute Gasteiger partial charge is 0.347 e. The fourth-order valence-electron chi connectivity index (χ4n) is 1.80. The molecule has 0 saturated heterocycles. The molecule has 0 bridgehead atoms. The van der Waals surface area contributed by atoms with Gasteiger partial charge in [-0.2, -0.15) is 0 Å². The lowest BCUT2D eigenvalue weighted by molar-refractivity contribution is 0.0518. The lowest BCUT2D eigenvalue weighted by atomic mass is 10.1. The Morgan fingerprint density at radius 1 is 1.26 bits per heavy atom. The SMILES string of the molecule is CCOC(=O)c1c(OCC)nc2ccccc2c1O. The van der Waals surface area contributed by atoms with Gasteiger partial charge in [-0.05, 0) is 26.0 Å². The summed E-state index contributed by atoms with van der Waals surface area (Å²) in [6.07, 6.45) is 0. The van der Waals surface area contributed by atoms with E-state index in [-0.39, 0.29) is 23.8 Å². The van der Waals surface area contributed by atoms with Crippen molar-refractivity contribution in [3.63, 3.8) is 0 Å². The van der Waals surface area contributed by atoms with Crippen molar-refractivity contribution in [2.75, 3.05) is 13.2 Å². The zero-order valence-electron chi connectivity index (χ0n) is 10.8. The molecule has 1 aromatic carbocycles. The Labute approximate surface area is 110 Å². The summed E-state index contributed by atoms with van der Waals surface area (Å²) in [7, 11) is 0. The summed E-state index contributed by atoms with van der Waals surface area (Å²) in [5.74, 6) is -0.702. The number of carbonyl (C=O) groups is 1. The van der Waals surface area contributed by atoms with E-state index in [0.717, 1.165) is 0 Å². The number of rotatable bonds is 4. The number of fused-ring (bicyclic) bond motifs is 1. The van der Waals surface area contributed by atoms with E-state index in [0.29, 0.717) is 17.5 Å². The molecule has 0 fully saturated rings. The number of aromatic hydroxyl groups is 1. The summed E-state index contributed by atoms with van der Waals surface area (Å²) >= 11 is 0. The first kappa shape index (κ1) is 13.1. The van der Waals surface area contributed by atoms with Crippen molar-refractivity contribution in [3.05, 3.63) is 29.8 Å². The van der Waals surface area contributed by atoms with Crippen LogP contribution in [0.15, 0.2) is 24.3 Å². The molecule has 0 amide bonds. The number of nitrogens with zero attached hydrogens (tertiary/aromatic N) is 1. The molecule has 5 nitrogen and oxygen atoms in total. The Morgan fingerprint density at radius 3 is 2.68 bits per heavy atom. The van der Waals surface area contributed by atoms with E-state index >= 15 is 0 Å². The van der Waals surface area contributed by atoms with Crippen LogP contribution in [0.25, 0.3) is 10.9 Å². The van der Waals surface area contributed by atoms with E-state index in [4.69, 9.17) is 9.47 Å². The fourth-order valence-corrected chi connectivity index (χ4v) is 1.80. The highest BCUT2D eigenvalue weighted by Gasteiger charge is 2.23. The van der Waals surface area contributed by atoms with Crippen LogP contribution >= 0.6 is 0 Å². The van der Waals surface area contributed by atoms with Crippen LogP contribution in [0, 0.1) is 0 Å². The number of pyridine rings is 1. The third kappa shape index (κ3) is 2.45. The minimum absolute atomic E-state index is 0.0256. The number of ether oxygens (including phenoxy) is 2. The normalized spacial score (nSPS) is 10.4. The molecular formula is C14H15NO4. The van der Waals surface area contributed by atoms with Gasteiger partial charge in [0.15, 0.2) is 5.56 Å². The van der Waals surface area contributed by atoms with Crippen molar-refractivity contribution < 1.29 is 19.4 Å². The monoisotopic (exact) mass is 261 g/mol. The van der Waals surface area contributed by atoms with Crippen LogP contribution in [0.1, 0.15) is 24.2 Å². The molecule has 2 rings (SSSR count). The van der Waals surface area contributed by atoms with Gasteiger partial charge in [-0.1, -0.05) is 12.1 Å². The van der Waals surface area contributed by atoms with Crippen LogP contribution in [0.4, 0.5) is 0 Å². The second-order valence-electron chi connectivity index (χ2n) is 3.81. The van der Waals surface area contributed by atoms with Crippen molar-refractivity contribution in [1.82, 2.24) is 4.98 Å². The number of hydrogen-bond donors (Lipinski definition) is 1. The highest BCUT2D eigenvalue weighted by molar-refractivity contribution is 6.01. The molecule has 0 radical (unpaired) electrons. The summed E-state index contributed by atoms with van der Waals surface area (Å²) in [5, 5.41) is 10.7. The van der Waals surface area contributed by atoms with Crippen molar-refractivity contribution in [3.8, 4) is 11.6 Å². The molecule has 2 aromatic rings. The lowest BCUT2D eigenvalue weighted by Crippen LogP contribution is -2.10. The van der Waals surface area contributed by atoms with Gasteiger partial charge in [0, 0.05) is 5.39 Å². The molecule has 0 atom stereocenters. The third-order valence-corrected chi connectivity index (χ3v) is 2.59. The third-order valence-electron chi connectivity index (χ3n) is 2.59. The quantitative estimate of drug-likeness (QED) is 0.856. The number of aromatic nitrogens is 1. The van der Waals surface area contributed by atoms with Crippen LogP contribution in [0.2, 0.25) is 0 Å². The molecule has 5 heteroatoms. The molecule has 19 heavy (non-hydrogen) atoms. The maximum atomic E-state index is 11.9. The van der Waals surface area contributed by atoms with E-state index in [1.165, 1.54) is 0 Å². The Hall–Kier alpha value is -2.30. The molecule has 0 aliphatic rings. The topological polar surface area (TPSA) is 68.7 Å². The average molecular weight is 261 g/mol. The molecule has 1 N–H and O–H groups in total. The second-order valence-corrected chi connectivity index (χ2v) is 3.81. The molecule has 0 aliphatic heterocycles. The highest BCUT2D eigenvalue weighted by Crippen LogP contribution is 2.34. The molecule has 0 saturated carbocycles. The first-order valence-corrected chi connectivity index (χ1v) is 6.10. The van der Waals surface area contributed by atoms with Crippen LogP contribution < -0.4 is 4.74 Å². The van der Waals surface area contributed by atoms with E-state index in [2.05, 4.69) is 4.98 Å². The summed E-state index contributed by atoms with van der Waals surface area (Å²) < 4.78 is 10.2. The van der Waals surface area contributed by atoms with Crippen molar-refractivity contribution in [2.45, 2.75) is 13.8 Å². The van der Waals surface area contributed by atoms with Gasteiger partial charge in [-0.25, -0.2) is 9.78 Å². The van der Waals surface area contributed by atoms with E-state index < -0.39 is 5.97 Å². The number of benzene rings is 1. The standard InChI is InChI=1S/C14H15NO4/c1-3-18-13-11(14(17)19-4-2)12(16)9-7-5-6-8-10(9)15-13/h5-8H,3-4H2,1-2H3,(H,15,16). The first-order chi connectivity index (χ1) is 9.19.